The number of hydrogen-bond donors (Lipinski definition) is 2. The van der Waals surface area contributed by atoms with Crippen molar-refractivity contribution in [2.75, 3.05) is 38.8 Å². The predicted octanol–water partition coefficient (Wildman–Crippen LogP) is 1.78. The minimum Gasteiger partial charge on any atom is -0.504 e. The predicted molar refractivity (Wildman–Crippen MR) is 109 cm³/mol. The van der Waals surface area contributed by atoms with Crippen molar-refractivity contribution in [2.24, 2.45) is 5.10 Å². The lowest BCUT2D eigenvalue weighted by atomic mass is 10.2. The standard InChI is InChI=1S/C18H20N4O7S/c1-28-17-5-2-13(10-16(17)23)12-19-20-15-4-3-14(22(24)25)11-18(15)30(26,27)21-6-8-29-9-7-21/h2-5,10-12,20,23H,6-9H2,1H3. The quantitative estimate of drug-likeness (QED) is 0.380. The number of phenols is 1. The number of methoxy groups -OCH3 is 1. The van der Waals surface area contributed by atoms with Crippen LogP contribution in [0.5, 0.6) is 11.5 Å². The lowest BCUT2D eigenvalue weighted by Gasteiger charge is -2.26. The maximum atomic E-state index is 13.0. The Morgan fingerprint density at radius 2 is 2.00 bits per heavy atom. The van der Waals surface area contributed by atoms with Crippen molar-refractivity contribution in [1.29, 1.82) is 0 Å². The molecule has 1 aliphatic rings. The summed E-state index contributed by atoms with van der Waals surface area (Å²) in [5.74, 6) is 0.224. The minimum atomic E-state index is -4.00. The summed E-state index contributed by atoms with van der Waals surface area (Å²) in [6, 6.07) is 8.10. The van der Waals surface area contributed by atoms with Crippen molar-refractivity contribution in [2.45, 2.75) is 4.90 Å². The van der Waals surface area contributed by atoms with Gasteiger partial charge in [-0.2, -0.15) is 9.41 Å². The molecule has 1 saturated heterocycles. The van der Waals surface area contributed by atoms with Crippen molar-refractivity contribution in [1.82, 2.24) is 4.31 Å². The summed E-state index contributed by atoms with van der Waals surface area (Å²) < 4.78 is 37.4. The van der Waals surface area contributed by atoms with Gasteiger partial charge in [-0.05, 0) is 29.8 Å². The first kappa shape index (κ1) is 21.5. The minimum absolute atomic E-state index is 0.0765. The van der Waals surface area contributed by atoms with Crippen LogP contribution in [-0.2, 0) is 14.8 Å². The molecule has 11 nitrogen and oxygen atoms in total. The second-order valence-corrected chi connectivity index (χ2v) is 8.16. The van der Waals surface area contributed by atoms with E-state index in [1.165, 1.54) is 35.8 Å². The largest absolute Gasteiger partial charge is 0.504 e. The molecule has 30 heavy (non-hydrogen) atoms. The zero-order valence-electron chi connectivity index (χ0n) is 16.0. The molecule has 12 heteroatoms. The monoisotopic (exact) mass is 436 g/mol. The first-order valence-electron chi connectivity index (χ1n) is 8.85. The van der Waals surface area contributed by atoms with Crippen LogP contribution in [0.15, 0.2) is 46.4 Å². The zero-order chi connectivity index (χ0) is 21.7. The summed E-state index contributed by atoms with van der Waals surface area (Å²) in [5, 5.41) is 25.0. The highest BCUT2D eigenvalue weighted by molar-refractivity contribution is 7.89. The van der Waals surface area contributed by atoms with Crippen LogP contribution < -0.4 is 10.2 Å². The van der Waals surface area contributed by atoms with Crippen molar-refractivity contribution in [3.05, 3.63) is 52.1 Å². The van der Waals surface area contributed by atoms with Gasteiger partial charge in [0.1, 0.15) is 4.90 Å². The second kappa shape index (κ2) is 9.07. The average molecular weight is 436 g/mol. The molecular formula is C18H20N4O7S. The molecule has 1 fully saturated rings. The zero-order valence-corrected chi connectivity index (χ0v) is 16.8. The van der Waals surface area contributed by atoms with Gasteiger partial charge in [0.2, 0.25) is 10.0 Å². The van der Waals surface area contributed by atoms with Crippen LogP contribution in [-0.4, -0.2) is 62.4 Å². The first-order valence-corrected chi connectivity index (χ1v) is 10.3. The number of phenolic OH excluding ortho intramolecular Hbond substituents is 1. The number of nitrogens with zero attached hydrogens (tertiary/aromatic N) is 3. The number of morpholine rings is 1. The number of rotatable bonds is 7. The maximum Gasteiger partial charge on any atom is 0.270 e. The molecule has 0 saturated carbocycles. The number of sulfonamides is 1. The first-order chi connectivity index (χ1) is 14.3. The van der Waals surface area contributed by atoms with Gasteiger partial charge in [-0.1, -0.05) is 0 Å². The van der Waals surface area contributed by atoms with E-state index in [0.29, 0.717) is 11.3 Å². The summed E-state index contributed by atoms with van der Waals surface area (Å²) in [5.41, 5.74) is 2.88. The molecule has 2 N–H and O–H groups in total. The molecule has 1 aliphatic heterocycles. The van der Waals surface area contributed by atoms with E-state index in [1.807, 2.05) is 0 Å². The fourth-order valence-electron chi connectivity index (χ4n) is 2.82. The van der Waals surface area contributed by atoms with Gasteiger partial charge >= 0.3 is 0 Å². The molecule has 0 amide bonds. The van der Waals surface area contributed by atoms with E-state index in [9.17, 15) is 23.6 Å². The van der Waals surface area contributed by atoms with Gasteiger partial charge in [-0.3, -0.25) is 15.5 Å². The topological polar surface area (TPSA) is 144 Å². The lowest BCUT2D eigenvalue weighted by Crippen LogP contribution is -2.40. The van der Waals surface area contributed by atoms with Crippen LogP contribution in [0.3, 0.4) is 0 Å². The molecular weight excluding hydrogens is 416 g/mol. The third-order valence-electron chi connectivity index (χ3n) is 4.37. The molecule has 160 valence electrons. The number of ether oxygens (including phenoxy) is 2. The molecule has 0 spiro atoms. The van der Waals surface area contributed by atoms with Gasteiger partial charge in [0, 0.05) is 25.2 Å². The average Bonchev–Trinajstić information content (AvgIpc) is 2.74. The number of hydrogen-bond acceptors (Lipinski definition) is 9. The van der Waals surface area contributed by atoms with E-state index in [2.05, 4.69) is 10.5 Å². The van der Waals surface area contributed by atoms with Gasteiger partial charge in [0.25, 0.3) is 5.69 Å². The highest BCUT2D eigenvalue weighted by Crippen LogP contribution is 2.30. The van der Waals surface area contributed by atoms with Gasteiger partial charge in [0.15, 0.2) is 11.5 Å². The van der Waals surface area contributed by atoms with E-state index in [4.69, 9.17) is 9.47 Å². The number of benzene rings is 2. The van der Waals surface area contributed by atoms with Crippen molar-refractivity contribution in [3.8, 4) is 11.5 Å². The fourth-order valence-corrected chi connectivity index (χ4v) is 4.39. The Bertz CT molecular complexity index is 1070. The van der Waals surface area contributed by atoms with Crippen molar-refractivity contribution >= 4 is 27.6 Å². The summed E-state index contributed by atoms with van der Waals surface area (Å²) in [7, 11) is -2.58. The fraction of sp³-hybridized carbons (Fsp3) is 0.278. The van der Waals surface area contributed by atoms with Crippen LogP contribution in [0.2, 0.25) is 0 Å². The SMILES string of the molecule is COc1ccc(C=NNc2ccc([N+](=O)[O-])cc2S(=O)(=O)N2CCOCC2)cc1O. The van der Waals surface area contributed by atoms with E-state index in [-0.39, 0.29) is 48.3 Å². The molecule has 0 bridgehead atoms. The number of nitrogens with one attached hydrogen (secondary N) is 1. The maximum absolute atomic E-state index is 13.0. The van der Waals surface area contributed by atoms with Crippen LogP contribution in [0.4, 0.5) is 11.4 Å². The molecule has 0 aromatic heterocycles. The number of anilines is 1. The summed E-state index contributed by atoms with van der Waals surface area (Å²) in [6.07, 6.45) is 1.37. The van der Waals surface area contributed by atoms with Gasteiger partial charge in [0.05, 0.1) is 37.1 Å². The molecule has 2 aromatic carbocycles. The van der Waals surface area contributed by atoms with E-state index >= 15 is 0 Å². The third-order valence-corrected chi connectivity index (χ3v) is 6.30. The smallest absolute Gasteiger partial charge is 0.270 e. The number of hydrazone groups is 1. The Morgan fingerprint density at radius 3 is 2.63 bits per heavy atom. The molecule has 0 radical (unpaired) electrons. The summed E-state index contributed by atoms with van der Waals surface area (Å²) in [4.78, 5) is 10.2. The highest BCUT2D eigenvalue weighted by Gasteiger charge is 2.30. The Kier molecular flexibility index (Phi) is 6.50. The van der Waals surface area contributed by atoms with E-state index in [1.54, 1.807) is 12.1 Å². The van der Waals surface area contributed by atoms with Gasteiger partial charge < -0.3 is 14.6 Å². The number of non-ortho nitro benzene ring substituents is 1. The molecule has 3 rings (SSSR count). The number of nitro groups is 1. The van der Waals surface area contributed by atoms with Crippen LogP contribution >= 0.6 is 0 Å². The number of nitro benzene ring substituents is 1. The normalized spacial score (nSPS) is 15.2. The number of aromatic hydroxyl groups is 1. The van der Waals surface area contributed by atoms with Crippen LogP contribution in [0.25, 0.3) is 0 Å². The third kappa shape index (κ3) is 4.67. The summed E-state index contributed by atoms with van der Waals surface area (Å²) >= 11 is 0. The van der Waals surface area contributed by atoms with Crippen LogP contribution in [0.1, 0.15) is 5.56 Å². The molecule has 0 atom stereocenters. The second-order valence-electron chi connectivity index (χ2n) is 6.26. The Balaban J connectivity index is 1.90. The van der Waals surface area contributed by atoms with Gasteiger partial charge in [-0.25, -0.2) is 8.42 Å². The molecule has 1 heterocycles. The van der Waals surface area contributed by atoms with Crippen molar-refractivity contribution in [3.63, 3.8) is 0 Å². The Hall–Kier alpha value is -3.22. The molecule has 2 aromatic rings. The van der Waals surface area contributed by atoms with Crippen molar-refractivity contribution < 1.29 is 27.9 Å². The van der Waals surface area contributed by atoms with E-state index < -0.39 is 14.9 Å². The Labute approximate surface area is 172 Å². The van der Waals surface area contributed by atoms with Crippen LogP contribution in [0, 0.1) is 10.1 Å². The lowest BCUT2D eigenvalue weighted by molar-refractivity contribution is -0.385. The molecule has 0 unspecified atom stereocenters. The Morgan fingerprint density at radius 1 is 1.27 bits per heavy atom. The summed E-state index contributed by atoms with van der Waals surface area (Å²) in [6.45, 7) is 0.795. The molecule has 0 aliphatic carbocycles. The van der Waals surface area contributed by atoms with E-state index in [0.717, 1.165) is 6.07 Å². The van der Waals surface area contributed by atoms with Gasteiger partial charge in [-0.15, -0.1) is 0 Å². The highest BCUT2D eigenvalue weighted by atomic mass is 32.2.